The van der Waals surface area contributed by atoms with Gasteiger partial charge in [0, 0.05) is 53.8 Å². The molecule has 0 bridgehead atoms. The van der Waals surface area contributed by atoms with Crippen molar-refractivity contribution in [3.8, 4) is 16.9 Å². The molecule has 6 nitrogen and oxygen atoms in total. The minimum absolute atomic E-state index is 0.0763. The lowest BCUT2D eigenvalue weighted by atomic mass is 9.94. The summed E-state index contributed by atoms with van der Waals surface area (Å²) in [4.78, 5) is 37.4. The third kappa shape index (κ3) is 7.00. The van der Waals surface area contributed by atoms with Crippen molar-refractivity contribution in [3.63, 3.8) is 0 Å². The van der Waals surface area contributed by atoms with Crippen LogP contribution in [0.3, 0.4) is 0 Å². The Morgan fingerprint density at radius 2 is 1.59 bits per heavy atom. The fourth-order valence-electron chi connectivity index (χ4n) is 6.76. The van der Waals surface area contributed by atoms with Gasteiger partial charge in [0.05, 0.1) is 17.7 Å². The SMILES string of the molecule is COc1ccc(C2Cc3sccc3CN(C(=O)c3csc(C4CCN(C(=O)c5ccccc5-c5ccc(C(F)(F)F)cc5)CC4)n3)C2)cc1. The molecule has 0 N–H and O–H groups in total. The molecular formula is C38H34F3N3O3S2. The van der Waals surface area contributed by atoms with E-state index in [0.717, 1.165) is 29.3 Å². The van der Waals surface area contributed by atoms with Gasteiger partial charge in [-0.1, -0.05) is 42.5 Å². The highest BCUT2D eigenvalue weighted by molar-refractivity contribution is 7.10. The van der Waals surface area contributed by atoms with Crippen LogP contribution in [0.4, 0.5) is 13.2 Å². The van der Waals surface area contributed by atoms with E-state index in [0.29, 0.717) is 61.4 Å². The number of methoxy groups -OCH3 is 1. The molecule has 1 saturated heterocycles. The Balaban J connectivity index is 1.02. The van der Waals surface area contributed by atoms with Gasteiger partial charge in [-0.2, -0.15) is 13.2 Å². The number of rotatable bonds is 6. The van der Waals surface area contributed by atoms with Crippen molar-refractivity contribution in [1.82, 2.24) is 14.8 Å². The van der Waals surface area contributed by atoms with Gasteiger partial charge in [-0.25, -0.2) is 4.98 Å². The lowest BCUT2D eigenvalue weighted by molar-refractivity contribution is -0.137. The first-order valence-corrected chi connectivity index (χ1v) is 17.9. The van der Waals surface area contributed by atoms with Gasteiger partial charge in [0.2, 0.25) is 0 Å². The predicted molar refractivity (Wildman–Crippen MR) is 185 cm³/mol. The maximum Gasteiger partial charge on any atom is 0.416 e. The summed E-state index contributed by atoms with van der Waals surface area (Å²) in [6, 6.07) is 22.1. The van der Waals surface area contributed by atoms with Crippen molar-refractivity contribution < 1.29 is 27.5 Å². The van der Waals surface area contributed by atoms with E-state index in [4.69, 9.17) is 9.72 Å². The van der Waals surface area contributed by atoms with Crippen molar-refractivity contribution in [3.05, 3.63) is 127 Å². The summed E-state index contributed by atoms with van der Waals surface area (Å²) in [6.07, 6.45) is -2.14. The minimum atomic E-state index is -4.42. The van der Waals surface area contributed by atoms with Gasteiger partial charge in [0.15, 0.2) is 0 Å². The summed E-state index contributed by atoms with van der Waals surface area (Å²) in [5.74, 6) is 0.853. The van der Waals surface area contributed by atoms with Crippen LogP contribution >= 0.6 is 22.7 Å². The quantitative estimate of drug-likeness (QED) is 0.178. The van der Waals surface area contributed by atoms with Crippen LogP contribution in [0.5, 0.6) is 5.75 Å². The molecule has 0 aliphatic carbocycles. The number of aromatic nitrogens is 1. The number of hydrogen-bond acceptors (Lipinski definition) is 6. The van der Waals surface area contributed by atoms with Crippen molar-refractivity contribution in [2.75, 3.05) is 26.7 Å². The van der Waals surface area contributed by atoms with Gasteiger partial charge in [0.25, 0.3) is 11.8 Å². The van der Waals surface area contributed by atoms with Crippen LogP contribution in [0.1, 0.15) is 72.1 Å². The molecule has 4 heterocycles. The molecular weight excluding hydrogens is 668 g/mol. The van der Waals surface area contributed by atoms with Gasteiger partial charge >= 0.3 is 6.18 Å². The summed E-state index contributed by atoms with van der Waals surface area (Å²) < 4.78 is 44.7. The standard InChI is InChI=1S/C38H34F3N3O3S2/c1-47-30-12-8-24(9-13-30)28-20-34-27(16-19-48-34)21-44(22-28)37(46)33-23-49-35(42-33)26-14-17-43(18-15-26)36(45)32-5-3-2-4-31(32)25-6-10-29(11-7-25)38(39,40)41/h2-13,16,19,23,26,28H,14-15,17-18,20-22H2,1H3. The van der Waals surface area contributed by atoms with E-state index < -0.39 is 11.7 Å². The lowest BCUT2D eigenvalue weighted by Gasteiger charge is -2.31. The third-order valence-corrected chi connectivity index (χ3v) is 11.5. The van der Waals surface area contributed by atoms with Crippen LogP contribution in [0.2, 0.25) is 0 Å². The molecule has 2 aliphatic heterocycles. The summed E-state index contributed by atoms with van der Waals surface area (Å²) in [7, 11) is 1.65. The Labute approximate surface area is 290 Å². The maximum atomic E-state index is 13.9. The van der Waals surface area contributed by atoms with Crippen LogP contribution in [-0.2, 0) is 19.1 Å². The van der Waals surface area contributed by atoms with Crippen LogP contribution in [0.25, 0.3) is 11.1 Å². The molecule has 49 heavy (non-hydrogen) atoms. The zero-order valence-electron chi connectivity index (χ0n) is 26.8. The smallest absolute Gasteiger partial charge is 0.416 e. The number of benzene rings is 3. The Bertz CT molecular complexity index is 1940. The average molecular weight is 702 g/mol. The zero-order valence-corrected chi connectivity index (χ0v) is 28.4. The summed E-state index contributed by atoms with van der Waals surface area (Å²) >= 11 is 3.23. The third-order valence-electron chi connectivity index (χ3n) is 9.50. The number of amides is 2. The van der Waals surface area contributed by atoms with Crippen molar-refractivity contribution in [2.24, 2.45) is 0 Å². The summed E-state index contributed by atoms with van der Waals surface area (Å²) in [6.45, 7) is 2.17. The molecule has 0 radical (unpaired) electrons. The first-order valence-electron chi connectivity index (χ1n) is 16.2. The molecule has 5 aromatic rings. The number of likely N-dealkylation sites (tertiary alicyclic amines) is 1. The van der Waals surface area contributed by atoms with E-state index in [-0.39, 0.29) is 23.7 Å². The molecule has 2 amide bonds. The van der Waals surface area contributed by atoms with Crippen molar-refractivity contribution >= 4 is 34.5 Å². The highest BCUT2D eigenvalue weighted by Gasteiger charge is 2.32. The molecule has 11 heteroatoms. The number of thiazole rings is 1. The molecule has 0 saturated carbocycles. The number of hydrogen-bond donors (Lipinski definition) is 0. The largest absolute Gasteiger partial charge is 0.497 e. The molecule has 1 atom stereocenters. The summed E-state index contributed by atoms with van der Waals surface area (Å²) in [5.41, 5.74) is 3.70. The Morgan fingerprint density at radius 3 is 2.31 bits per heavy atom. The predicted octanol–water partition coefficient (Wildman–Crippen LogP) is 8.90. The van der Waals surface area contributed by atoms with Gasteiger partial charge < -0.3 is 14.5 Å². The summed E-state index contributed by atoms with van der Waals surface area (Å²) in [5, 5.41) is 4.85. The molecule has 1 unspecified atom stereocenters. The van der Waals surface area contributed by atoms with Crippen molar-refractivity contribution in [1.29, 1.82) is 0 Å². The van der Waals surface area contributed by atoms with Crippen LogP contribution in [0, 0.1) is 0 Å². The molecule has 252 valence electrons. The van der Waals surface area contributed by atoms with Gasteiger partial charge in [-0.05, 0) is 83.3 Å². The van der Waals surface area contributed by atoms with Crippen LogP contribution in [0.15, 0.2) is 89.6 Å². The molecule has 3 aromatic carbocycles. The molecule has 0 spiro atoms. The number of piperidine rings is 1. The number of ether oxygens (including phenoxy) is 1. The van der Waals surface area contributed by atoms with Gasteiger partial charge in [-0.3, -0.25) is 9.59 Å². The lowest BCUT2D eigenvalue weighted by Crippen LogP contribution is -2.38. The molecule has 1 fully saturated rings. The van der Waals surface area contributed by atoms with E-state index in [1.165, 1.54) is 39.5 Å². The number of carbonyl (C=O) groups is 2. The number of halogens is 3. The Hall–Kier alpha value is -4.48. The second-order valence-electron chi connectivity index (χ2n) is 12.5. The fourth-order valence-corrected chi connectivity index (χ4v) is 8.70. The number of alkyl halides is 3. The van der Waals surface area contributed by atoms with E-state index in [1.54, 1.807) is 47.6 Å². The second-order valence-corrected chi connectivity index (χ2v) is 14.4. The Morgan fingerprint density at radius 1 is 0.857 bits per heavy atom. The highest BCUT2D eigenvalue weighted by atomic mass is 32.1. The fraction of sp³-hybridized carbons (Fsp3) is 0.289. The zero-order chi connectivity index (χ0) is 34.1. The van der Waals surface area contributed by atoms with Gasteiger partial charge in [-0.15, -0.1) is 22.7 Å². The second kappa shape index (κ2) is 13.8. The maximum absolute atomic E-state index is 13.9. The van der Waals surface area contributed by atoms with Crippen LogP contribution in [-0.4, -0.2) is 53.3 Å². The van der Waals surface area contributed by atoms with E-state index in [2.05, 4.69) is 23.6 Å². The number of carbonyl (C=O) groups excluding carboxylic acids is 2. The highest BCUT2D eigenvalue weighted by Crippen LogP contribution is 2.36. The first-order chi connectivity index (χ1) is 23.7. The molecule has 7 rings (SSSR count). The van der Waals surface area contributed by atoms with Crippen molar-refractivity contribution in [2.45, 2.75) is 43.8 Å². The molecule has 2 aliphatic rings. The minimum Gasteiger partial charge on any atom is -0.497 e. The Kier molecular flexibility index (Phi) is 9.30. The first kappa shape index (κ1) is 33.0. The number of thiophene rings is 1. The van der Waals surface area contributed by atoms with E-state index >= 15 is 0 Å². The topological polar surface area (TPSA) is 62.7 Å². The average Bonchev–Trinajstić information content (AvgIpc) is 3.76. The molecule has 2 aromatic heterocycles. The number of fused-ring (bicyclic) bond motifs is 1. The normalized spacial score (nSPS) is 17.0. The monoisotopic (exact) mass is 701 g/mol. The van der Waals surface area contributed by atoms with Gasteiger partial charge in [0.1, 0.15) is 11.4 Å². The number of nitrogens with zero attached hydrogens (tertiary/aromatic N) is 3. The van der Waals surface area contributed by atoms with E-state index in [9.17, 15) is 22.8 Å². The van der Waals surface area contributed by atoms with E-state index in [1.807, 2.05) is 22.4 Å². The van der Waals surface area contributed by atoms with Crippen LogP contribution < -0.4 is 4.74 Å².